The van der Waals surface area contributed by atoms with Crippen LogP contribution in [-0.2, 0) is 6.42 Å². The van der Waals surface area contributed by atoms with Crippen LogP contribution in [0.3, 0.4) is 0 Å². The summed E-state index contributed by atoms with van der Waals surface area (Å²) >= 11 is 0. The molecule has 0 heterocycles. The summed E-state index contributed by atoms with van der Waals surface area (Å²) in [7, 11) is -1.60. The average molecular weight is 381 g/mol. The SMILES string of the molecule is CCCCCc1ccc(C#Cc2c(F)cc(C#C[Si](C)(C)C)cc2F)cc1. The van der Waals surface area contributed by atoms with E-state index >= 15 is 0 Å². The molecule has 0 radical (unpaired) electrons. The van der Waals surface area contributed by atoms with Crippen LogP contribution in [0.15, 0.2) is 36.4 Å². The molecule has 0 spiro atoms. The van der Waals surface area contributed by atoms with Gasteiger partial charge in [-0.3, -0.25) is 0 Å². The van der Waals surface area contributed by atoms with E-state index in [9.17, 15) is 8.78 Å². The van der Waals surface area contributed by atoms with Crippen molar-refractivity contribution in [3.8, 4) is 23.3 Å². The highest BCUT2D eigenvalue weighted by Crippen LogP contribution is 2.15. The Labute approximate surface area is 163 Å². The maximum atomic E-state index is 14.3. The maximum absolute atomic E-state index is 14.3. The fourth-order valence-corrected chi connectivity index (χ4v) is 3.01. The summed E-state index contributed by atoms with van der Waals surface area (Å²) < 4.78 is 28.5. The van der Waals surface area contributed by atoms with Gasteiger partial charge in [-0.2, -0.15) is 0 Å². The summed E-state index contributed by atoms with van der Waals surface area (Å²) in [6, 6.07) is 10.4. The molecule has 0 amide bonds. The van der Waals surface area contributed by atoms with Crippen molar-refractivity contribution in [3.63, 3.8) is 0 Å². The van der Waals surface area contributed by atoms with Crippen molar-refractivity contribution in [3.05, 3.63) is 70.3 Å². The molecule has 0 atom stereocenters. The number of rotatable bonds is 4. The third-order valence-corrected chi connectivity index (χ3v) is 4.85. The third kappa shape index (κ3) is 7.04. The van der Waals surface area contributed by atoms with Gasteiger partial charge in [-0.05, 0) is 42.7 Å². The minimum absolute atomic E-state index is 0.208. The van der Waals surface area contributed by atoms with Gasteiger partial charge in [0.2, 0.25) is 0 Å². The third-order valence-electron chi connectivity index (χ3n) is 3.98. The second kappa shape index (κ2) is 9.54. The zero-order valence-corrected chi connectivity index (χ0v) is 17.5. The van der Waals surface area contributed by atoms with Gasteiger partial charge in [0.15, 0.2) is 0 Å². The summed E-state index contributed by atoms with van der Waals surface area (Å²) in [6.45, 7) is 8.44. The van der Waals surface area contributed by atoms with Crippen molar-refractivity contribution in [1.82, 2.24) is 0 Å². The number of hydrogen-bond donors (Lipinski definition) is 0. The van der Waals surface area contributed by atoms with E-state index in [4.69, 9.17) is 0 Å². The maximum Gasteiger partial charge on any atom is 0.143 e. The molecule has 3 heteroatoms. The van der Waals surface area contributed by atoms with Gasteiger partial charge < -0.3 is 0 Å². The van der Waals surface area contributed by atoms with E-state index in [2.05, 4.69) is 49.9 Å². The summed E-state index contributed by atoms with van der Waals surface area (Å²) in [4.78, 5) is 0. The number of aryl methyl sites for hydroxylation is 1. The first-order valence-corrected chi connectivity index (χ1v) is 12.9. The Morgan fingerprint density at radius 1 is 0.815 bits per heavy atom. The lowest BCUT2D eigenvalue weighted by Gasteiger charge is -2.04. The zero-order valence-electron chi connectivity index (χ0n) is 16.5. The molecule has 2 aromatic carbocycles. The van der Waals surface area contributed by atoms with Gasteiger partial charge in [-0.1, -0.05) is 69.3 Å². The van der Waals surface area contributed by atoms with E-state index in [-0.39, 0.29) is 5.56 Å². The summed E-state index contributed by atoms with van der Waals surface area (Å²) in [5, 5.41) is 0. The van der Waals surface area contributed by atoms with E-state index < -0.39 is 19.7 Å². The molecule has 0 N–H and O–H groups in total. The molecule has 0 saturated carbocycles. The van der Waals surface area contributed by atoms with Crippen LogP contribution in [-0.4, -0.2) is 8.07 Å². The van der Waals surface area contributed by atoms with E-state index in [1.54, 1.807) is 0 Å². The largest absolute Gasteiger partial charge is 0.205 e. The second-order valence-electron chi connectivity index (χ2n) is 7.72. The Hall–Kier alpha value is -2.36. The second-order valence-corrected chi connectivity index (χ2v) is 12.5. The topological polar surface area (TPSA) is 0 Å². The zero-order chi connectivity index (χ0) is 19.9. The number of benzene rings is 2. The standard InChI is InChI=1S/C24H26F2Si/c1-5-6-7-8-19-9-11-20(12-10-19)13-14-22-23(25)17-21(18-24(22)26)15-16-27(2,3)4/h9-12,17-18H,5-8H2,1-4H3. The molecular weight excluding hydrogens is 354 g/mol. The van der Waals surface area contributed by atoms with E-state index in [1.165, 1.54) is 37.0 Å². The lowest BCUT2D eigenvalue weighted by atomic mass is 10.1. The highest BCUT2D eigenvalue weighted by molar-refractivity contribution is 6.83. The van der Waals surface area contributed by atoms with E-state index in [1.807, 2.05) is 24.3 Å². The molecule has 0 saturated heterocycles. The molecule has 0 aliphatic rings. The molecule has 0 unspecified atom stereocenters. The molecule has 2 aromatic rings. The fourth-order valence-electron chi connectivity index (χ4n) is 2.49. The molecule has 0 nitrogen and oxygen atoms in total. The Morgan fingerprint density at radius 2 is 1.44 bits per heavy atom. The van der Waals surface area contributed by atoms with Gasteiger partial charge in [0.1, 0.15) is 19.7 Å². The van der Waals surface area contributed by atoms with Crippen LogP contribution in [0.25, 0.3) is 0 Å². The Balaban J connectivity index is 2.17. The van der Waals surface area contributed by atoms with Crippen LogP contribution in [0.1, 0.15) is 48.4 Å². The summed E-state index contributed by atoms with van der Waals surface area (Å²) in [5.41, 5.74) is 5.27. The molecule has 0 fully saturated rings. The predicted octanol–water partition coefficient (Wildman–Crippen LogP) is 6.33. The molecule has 0 aromatic heterocycles. The molecule has 0 aliphatic heterocycles. The van der Waals surface area contributed by atoms with Crippen LogP contribution in [0.2, 0.25) is 19.6 Å². The van der Waals surface area contributed by atoms with Crippen LogP contribution >= 0.6 is 0 Å². The summed E-state index contributed by atoms with van der Waals surface area (Å²) in [6.07, 6.45) is 4.64. The molecule has 0 bridgehead atoms. The van der Waals surface area contributed by atoms with E-state index in [0.717, 1.165) is 12.0 Å². The number of hydrogen-bond acceptors (Lipinski definition) is 0. The number of unbranched alkanes of at least 4 members (excludes halogenated alkanes) is 2. The predicted molar refractivity (Wildman–Crippen MR) is 112 cm³/mol. The van der Waals surface area contributed by atoms with Gasteiger partial charge in [0, 0.05) is 11.1 Å². The monoisotopic (exact) mass is 380 g/mol. The van der Waals surface area contributed by atoms with Crippen molar-refractivity contribution < 1.29 is 8.78 Å². The van der Waals surface area contributed by atoms with Crippen molar-refractivity contribution in [2.75, 3.05) is 0 Å². The van der Waals surface area contributed by atoms with Gasteiger partial charge in [-0.25, -0.2) is 8.78 Å². The smallest absolute Gasteiger partial charge is 0.143 e. The lowest BCUT2D eigenvalue weighted by molar-refractivity contribution is 0.577. The minimum atomic E-state index is -1.60. The van der Waals surface area contributed by atoms with Crippen LogP contribution < -0.4 is 0 Å². The highest BCUT2D eigenvalue weighted by atomic mass is 28.3. The quantitative estimate of drug-likeness (QED) is 0.330. The van der Waals surface area contributed by atoms with Crippen LogP contribution in [0, 0.1) is 34.9 Å². The molecular formula is C24H26F2Si. The number of halogens is 2. The fraction of sp³-hybridized carbons (Fsp3) is 0.333. The molecule has 27 heavy (non-hydrogen) atoms. The molecule has 2 rings (SSSR count). The van der Waals surface area contributed by atoms with Gasteiger partial charge in [0.25, 0.3) is 0 Å². The Kier molecular flexibility index (Phi) is 7.40. The average Bonchev–Trinajstić information content (AvgIpc) is 2.60. The Morgan fingerprint density at radius 3 is 2.00 bits per heavy atom. The first kappa shape index (κ1) is 20.9. The molecule has 140 valence electrons. The van der Waals surface area contributed by atoms with Crippen molar-refractivity contribution in [1.29, 1.82) is 0 Å². The normalized spacial score (nSPS) is 10.6. The van der Waals surface area contributed by atoms with Crippen LogP contribution in [0.4, 0.5) is 8.78 Å². The lowest BCUT2D eigenvalue weighted by Crippen LogP contribution is -2.16. The van der Waals surface area contributed by atoms with E-state index in [0.29, 0.717) is 5.56 Å². The highest BCUT2D eigenvalue weighted by Gasteiger charge is 2.10. The van der Waals surface area contributed by atoms with Crippen LogP contribution in [0.5, 0.6) is 0 Å². The van der Waals surface area contributed by atoms with Gasteiger partial charge in [0.05, 0.1) is 5.56 Å². The van der Waals surface area contributed by atoms with Crippen molar-refractivity contribution in [2.24, 2.45) is 0 Å². The first-order chi connectivity index (χ1) is 12.8. The first-order valence-electron chi connectivity index (χ1n) is 9.41. The molecule has 0 aliphatic carbocycles. The Bertz CT molecular complexity index is 875. The summed E-state index contributed by atoms with van der Waals surface area (Å²) in [5.74, 6) is 7.02. The van der Waals surface area contributed by atoms with Gasteiger partial charge in [-0.15, -0.1) is 5.54 Å². The van der Waals surface area contributed by atoms with Crippen molar-refractivity contribution >= 4 is 8.07 Å². The minimum Gasteiger partial charge on any atom is -0.205 e. The van der Waals surface area contributed by atoms with Gasteiger partial charge >= 0.3 is 0 Å². The van der Waals surface area contributed by atoms with Crippen molar-refractivity contribution in [2.45, 2.75) is 52.2 Å².